The maximum Gasteiger partial charge on any atom is 0.0644 e. The van der Waals surface area contributed by atoms with Crippen LogP contribution in [0.15, 0.2) is 61.2 Å². The average Bonchev–Trinajstić information content (AvgIpc) is 2.39. The second-order valence-corrected chi connectivity index (χ2v) is 4.56. The van der Waals surface area contributed by atoms with E-state index in [1.807, 2.05) is 12.1 Å². The van der Waals surface area contributed by atoms with E-state index in [9.17, 15) is 0 Å². The first-order valence-electron chi connectivity index (χ1n) is 5.22. The Morgan fingerprint density at radius 3 is 2.00 bits per heavy atom. The summed E-state index contributed by atoms with van der Waals surface area (Å²) < 4.78 is 0. The summed E-state index contributed by atoms with van der Waals surface area (Å²) in [6.07, 6.45) is 1.86. The molecule has 0 N–H and O–H groups in total. The van der Waals surface area contributed by atoms with E-state index in [-0.39, 0.29) is 4.83 Å². The Labute approximate surface area is 105 Å². The van der Waals surface area contributed by atoms with Crippen LogP contribution >= 0.6 is 15.9 Å². The first-order valence-corrected chi connectivity index (χ1v) is 6.14. The molecule has 0 saturated heterocycles. The molecule has 80 valence electrons. The average molecular weight is 273 g/mol. The van der Waals surface area contributed by atoms with Crippen LogP contribution in [-0.4, -0.2) is 0 Å². The Morgan fingerprint density at radius 1 is 0.875 bits per heavy atom. The van der Waals surface area contributed by atoms with E-state index in [2.05, 4.69) is 71.0 Å². The van der Waals surface area contributed by atoms with Gasteiger partial charge < -0.3 is 0 Å². The number of hydrogen-bond acceptors (Lipinski definition) is 0. The van der Waals surface area contributed by atoms with Gasteiger partial charge in [-0.25, -0.2) is 0 Å². The molecule has 0 aromatic heterocycles. The minimum Gasteiger partial charge on any atom is -0.0985 e. The van der Waals surface area contributed by atoms with E-state index < -0.39 is 0 Å². The third-order valence-corrected chi connectivity index (χ3v) is 3.61. The number of rotatable bonds is 3. The molecule has 1 unspecified atom stereocenters. The van der Waals surface area contributed by atoms with Crippen LogP contribution in [0, 0.1) is 0 Å². The number of benzene rings is 2. The molecule has 0 aliphatic heterocycles. The highest BCUT2D eigenvalue weighted by molar-refractivity contribution is 9.09. The second-order valence-electron chi connectivity index (χ2n) is 3.64. The lowest BCUT2D eigenvalue weighted by molar-refractivity contribution is 1.18. The van der Waals surface area contributed by atoms with Crippen LogP contribution in [0.4, 0.5) is 0 Å². The molecule has 0 radical (unpaired) electrons. The molecule has 0 amide bonds. The lowest BCUT2D eigenvalue weighted by atomic mass is 10.0. The van der Waals surface area contributed by atoms with Crippen molar-refractivity contribution in [1.29, 1.82) is 0 Å². The lowest BCUT2D eigenvalue weighted by Gasteiger charge is -2.10. The minimum atomic E-state index is 0.257. The van der Waals surface area contributed by atoms with Crippen LogP contribution in [0.25, 0.3) is 6.08 Å². The maximum atomic E-state index is 3.75. The number of halogens is 1. The minimum absolute atomic E-state index is 0.257. The van der Waals surface area contributed by atoms with E-state index in [0.29, 0.717) is 0 Å². The molecule has 0 heterocycles. The predicted octanol–water partition coefficient (Wildman–Crippen LogP) is 4.81. The van der Waals surface area contributed by atoms with E-state index in [1.54, 1.807) is 0 Å². The zero-order valence-corrected chi connectivity index (χ0v) is 10.5. The summed E-state index contributed by atoms with van der Waals surface area (Å²) in [5, 5.41) is 0. The molecular weight excluding hydrogens is 260 g/mol. The van der Waals surface area contributed by atoms with Gasteiger partial charge in [-0.2, -0.15) is 0 Å². The van der Waals surface area contributed by atoms with Crippen LogP contribution in [0.2, 0.25) is 0 Å². The fourth-order valence-corrected chi connectivity index (χ4v) is 2.23. The van der Waals surface area contributed by atoms with Gasteiger partial charge in [0.15, 0.2) is 0 Å². The Morgan fingerprint density at radius 2 is 1.44 bits per heavy atom. The Kier molecular flexibility index (Phi) is 3.58. The van der Waals surface area contributed by atoms with Gasteiger partial charge in [0, 0.05) is 0 Å². The number of alkyl halides is 1. The van der Waals surface area contributed by atoms with Gasteiger partial charge in [0.2, 0.25) is 0 Å². The van der Waals surface area contributed by atoms with Gasteiger partial charge >= 0.3 is 0 Å². The molecule has 2 aromatic carbocycles. The van der Waals surface area contributed by atoms with Crippen molar-refractivity contribution in [3.05, 3.63) is 77.9 Å². The number of hydrogen-bond donors (Lipinski definition) is 0. The summed E-state index contributed by atoms with van der Waals surface area (Å²) >= 11 is 3.71. The molecule has 16 heavy (non-hydrogen) atoms. The van der Waals surface area contributed by atoms with Crippen molar-refractivity contribution in [3.8, 4) is 0 Å². The van der Waals surface area contributed by atoms with Gasteiger partial charge in [0.05, 0.1) is 4.83 Å². The van der Waals surface area contributed by atoms with Crippen molar-refractivity contribution in [1.82, 2.24) is 0 Å². The van der Waals surface area contributed by atoms with Gasteiger partial charge in [-0.05, 0) is 16.7 Å². The SMILES string of the molecule is C=Cc1ccc(C(Br)c2ccccc2)cc1. The summed E-state index contributed by atoms with van der Waals surface area (Å²) in [6, 6.07) is 18.8. The Hall–Kier alpha value is -1.34. The van der Waals surface area contributed by atoms with Gasteiger partial charge in [-0.3, -0.25) is 0 Å². The third-order valence-electron chi connectivity index (χ3n) is 2.56. The lowest BCUT2D eigenvalue weighted by Crippen LogP contribution is -1.91. The summed E-state index contributed by atoms with van der Waals surface area (Å²) in [5.74, 6) is 0. The normalized spacial score (nSPS) is 12.1. The second kappa shape index (κ2) is 5.13. The molecule has 0 bridgehead atoms. The zero-order valence-electron chi connectivity index (χ0n) is 8.94. The van der Waals surface area contributed by atoms with Crippen LogP contribution in [0.3, 0.4) is 0 Å². The van der Waals surface area contributed by atoms with Crippen LogP contribution in [0.1, 0.15) is 21.5 Å². The molecule has 0 spiro atoms. The Bertz CT molecular complexity index is 457. The van der Waals surface area contributed by atoms with Gasteiger partial charge in [0.1, 0.15) is 0 Å². The molecule has 2 aromatic rings. The summed E-state index contributed by atoms with van der Waals surface area (Å²) in [6.45, 7) is 3.75. The van der Waals surface area contributed by atoms with Gasteiger partial charge in [-0.1, -0.05) is 83.2 Å². The molecule has 0 nitrogen and oxygen atoms in total. The molecular formula is C15H13Br. The molecule has 1 heteroatoms. The highest BCUT2D eigenvalue weighted by atomic mass is 79.9. The Balaban J connectivity index is 2.27. The van der Waals surface area contributed by atoms with E-state index in [1.165, 1.54) is 11.1 Å². The molecule has 2 rings (SSSR count). The first kappa shape index (κ1) is 11.2. The molecule has 0 saturated carbocycles. The summed E-state index contributed by atoms with van der Waals surface area (Å²) in [5.41, 5.74) is 3.68. The quantitative estimate of drug-likeness (QED) is 0.704. The smallest absolute Gasteiger partial charge is 0.0644 e. The van der Waals surface area contributed by atoms with Crippen LogP contribution in [0.5, 0.6) is 0 Å². The molecule has 0 fully saturated rings. The van der Waals surface area contributed by atoms with Crippen molar-refractivity contribution < 1.29 is 0 Å². The van der Waals surface area contributed by atoms with Crippen molar-refractivity contribution in [2.24, 2.45) is 0 Å². The molecule has 1 atom stereocenters. The third kappa shape index (κ3) is 2.42. The topological polar surface area (TPSA) is 0 Å². The monoisotopic (exact) mass is 272 g/mol. The zero-order chi connectivity index (χ0) is 11.4. The maximum absolute atomic E-state index is 3.75. The summed E-state index contributed by atoms with van der Waals surface area (Å²) in [7, 11) is 0. The van der Waals surface area contributed by atoms with Crippen molar-refractivity contribution in [3.63, 3.8) is 0 Å². The molecule has 0 aliphatic rings. The first-order chi connectivity index (χ1) is 7.81. The fourth-order valence-electron chi connectivity index (χ4n) is 1.62. The highest BCUT2D eigenvalue weighted by Gasteiger charge is 2.08. The van der Waals surface area contributed by atoms with Gasteiger partial charge in [0.25, 0.3) is 0 Å². The predicted molar refractivity (Wildman–Crippen MR) is 73.7 cm³/mol. The van der Waals surface area contributed by atoms with Crippen LogP contribution < -0.4 is 0 Å². The van der Waals surface area contributed by atoms with Crippen molar-refractivity contribution in [2.45, 2.75) is 4.83 Å². The molecule has 0 aliphatic carbocycles. The highest BCUT2D eigenvalue weighted by Crippen LogP contribution is 2.30. The van der Waals surface area contributed by atoms with Crippen molar-refractivity contribution >= 4 is 22.0 Å². The summed E-state index contributed by atoms with van der Waals surface area (Å²) in [4.78, 5) is 0.257. The van der Waals surface area contributed by atoms with E-state index >= 15 is 0 Å². The largest absolute Gasteiger partial charge is 0.0985 e. The van der Waals surface area contributed by atoms with Crippen molar-refractivity contribution in [2.75, 3.05) is 0 Å². The van der Waals surface area contributed by atoms with Gasteiger partial charge in [-0.15, -0.1) is 0 Å². The van der Waals surface area contributed by atoms with Crippen LogP contribution in [-0.2, 0) is 0 Å². The fraction of sp³-hybridized carbons (Fsp3) is 0.0667. The standard InChI is InChI=1S/C15H13Br/c1-2-12-8-10-14(11-9-12)15(16)13-6-4-3-5-7-13/h2-11,15H,1H2. The van der Waals surface area contributed by atoms with E-state index in [0.717, 1.165) is 5.56 Å². The van der Waals surface area contributed by atoms with E-state index in [4.69, 9.17) is 0 Å².